The van der Waals surface area contributed by atoms with Crippen molar-refractivity contribution in [3.8, 4) is 0 Å². The number of fused-ring (bicyclic) bond motifs is 1. The van der Waals surface area contributed by atoms with Crippen LogP contribution in [0.2, 0.25) is 0 Å². The summed E-state index contributed by atoms with van der Waals surface area (Å²) in [6.45, 7) is 4.49. The van der Waals surface area contributed by atoms with Gasteiger partial charge in [-0.05, 0) is 18.9 Å². The van der Waals surface area contributed by atoms with Crippen LogP contribution in [0.25, 0.3) is 11.2 Å². The highest BCUT2D eigenvalue weighted by Crippen LogP contribution is 2.16. The molecule has 0 saturated carbocycles. The van der Waals surface area contributed by atoms with E-state index in [-0.39, 0.29) is 18.2 Å². The standard InChI is InChI=1S/C19H25N5O2/c1-4-8-15(12-25)21-19-22-17-16(18(26)23(19)3)24(13(2)20-17)11-14-9-6-5-7-10-14/h5-7,9-10,15,25H,4,8,11-12H2,1-3H3,(H,21,22). The number of aryl methyl sites for hydroxylation is 1. The maximum Gasteiger partial charge on any atom is 0.280 e. The summed E-state index contributed by atoms with van der Waals surface area (Å²) in [6.07, 6.45) is 1.73. The number of rotatable bonds is 7. The van der Waals surface area contributed by atoms with Gasteiger partial charge in [0.15, 0.2) is 11.2 Å². The molecule has 3 aromatic rings. The first-order valence-electron chi connectivity index (χ1n) is 8.90. The number of hydrogen-bond acceptors (Lipinski definition) is 5. The molecule has 26 heavy (non-hydrogen) atoms. The number of aliphatic hydroxyl groups is 1. The number of benzene rings is 1. The molecule has 2 heterocycles. The summed E-state index contributed by atoms with van der Waals surface area (Å²) < 4.78 is 3.39. The van der Waals surface area contributed by atoms with Gasteiger partial charge in [-0.2, -0.15) is 4.98 Å². The van der Waals surface area contributed by atoms with Crippen molar-refractivity contribution in [3.05, 3.63) is 52.1 Å². The van der Waals surface area contributed by atoms with E-state index in [1.807, 2.05) is 41.8 Å². The minimum absolute atomic E-state index is 0.0107. The van der Waals surface area contributed by atoms with Crippen LogP contribution in [0.15, 0.2) is 35.1 Å². The average molecular weight is 355 g/mol. The second kappa shape index (κ2) is 7.70. The molecule has 1 unspecified atom stereocenters. The van der Waals surface area contributed by atoms with Crippen molar-refractivity contribution in [1.82, 2.24) is 19.1 Å². The molecule has 7 heteroatoms. The Bertz CT molecular complexity index is 946. The second-order valence-electron chi connectivity index (χ2n) is 6.52. The van der Waals surface area contributed by atoms with Crippen molar-refractivity contribution < 1.29 is 5.11 Å². The van der Waals surface area contributed by atoms with E-state index in [0.717, 1.165) is 24.2 Å². The minimum atomic E-state index is -0.151. The summed E-state index contributed by atoms with van der Waals surface area (Å²) in [5, 5.41) is 12.7. The first kappa shape index (κ1) is 18.1. The first-order valence-corrected chi connectivity index (χ1v) is 8.90. The Morgan fingerprint density at radius 3 is 2.62 bits per heavy atom. The molecule has 0 saturated heterocycles. The molecule has 0 aliphatic heterocycles. The van der Waals surface area contributed by atoms with Crippen LogP contribution in [0.3, 0.4) is 0 Å². The van der Waals surface area contributed by atoms with E-state index in [9.17, 15) is 9.90 Å². The number of imidazole rings is 1. The number of anilines is 1. The number of nitrogens with one attached hydrogen (secondary N) is 1. The lowest BCUT2D eigenvalue weighted by molar-refractivity contribution is 0.267. The molecule has 0 aliphatic rings. The molecular weight excluding hydrogens is 330 g/mol. The predicted octanol–water partition coefficient (Wildman–Crippen LogP) is 2.06. The van der Waals surface area contributed by atoms with E-state index in [0.29, 0.717) is 23.7 Å². The van der Waals surface area contributed by atoms with Gasteiger partial charge < -0.3 is 15.0 Å². The number of hydrogen-bond donors (Lipinski definition) is 2. The lowest BCUT2D eigenvalue weighted by Crippen LogP contribution is -2.30. The monoisotopic (exact) mass is 355 g/mol. The van der Waals surface area contributed by atoms with E-state index in [1.165, 1.54) is 4.57 Å². The van der Waals surface area contributed by atoms with Gasteiger partial charge >= 0.3 is 0 Å². The molecule has 2 aromatic heterocycles. The quantitative estimate of drug-likeness (QED) is 0.678. The molecule has 138 valence electrons. The number of aromatic nitrogens is 4. The Morgan fingerprint density at radius 1 is 1.23 bits per heavy atom. The Hall–Kier alpha value is -2.67. The Morgan fingerprint density at radius 2 is 1.96 bits per heavy atom. The maximum absolute atomic E-state index is 13.0. The fourth-order valence-corrected chi connectivity index (χ4v) is 3.10. The van der Waals surface area contributed by atoms with Crippen LogP contribution in [0.4, 0.5) is 5.95 Å². The van der Waals surface area contributed by atoms with E-state index in [2.05, 4.69) is 22.2 Å². The molecule has 0 amide bonds. The Balaban J connectivity index is 2.04. The van der Waals surface area contributed by atoms with Crippen molar-refractivity contribution >= 4 is 17.1 Å². The highest BCUT2D eigenvalue weighted by molar-refractivity contribution is 5.72. The maximum atomic E-state index is 13.0. The smallest absolute Gasteiger partial charge is 0.280 e. The highest BCUT2D eigenvalue weighted by Gasteiger charge is 2.18. The van der Waals surface area contributed by atoms with Gasteiger partial charge in [0.2, 0.25) is 5.95 Å². The normalized spacial score (nSPS) is 12.5. The predicted molar refractivity (Wildman–Crippen MR) is 102 cm³/mol. The third kappa shape index (κ3) is 3.48. The summed E-state index contributed by atoms with van der Waals surface area (Å²) in [5.41, 5.74) is 1.87. The Labute approximate surface area is 152 Å². The van der Waals surface area contributed by atoms with Crippen molar-refractivity contribution in [3.63, 3.8) is 0 Å². The van der Waals surface area contributed by atoms with Crippen LogP contribution < -0.4 is 10.9 Å². The lowest BCUT2D eigenvalue weighted by Gasteiger charge is -2.18. The van der Waals surface area contributed by atoms with Gasteiger partial charge in [0.05, 0.1) is 12.6 Å². The molecule has 2 N–H and O–H groups in total. The molecule has 0 radical (unpaired) electrons. The molecule has 1 aromatic carbocycles. The third-order valence-corrected chi connectivity index (χ3v) is 4.55. The first-order chi connectivity index (χ1) is 12.5. The molecule has 0 fully saturated rings. The summed E-state index contributed by atoms with van der Waals surface area (Å²) in [5.74, 6) is 1.18. The SMILES string of the molecule is CCCC(CO)Nc1nc2nc(C)n(Cc3ccccc3)c2c(=O)n1C. The fraction of sp³-hybridized carbons (Fsp3) is 0.421. The van der Waals surface area contributed by atoms with Crippen LogP contribution in [-0.2, 0) is 13.6 Å². The van der Waals surface area contributed by atoms with Crippen LogP contribution in [0.1, 0.15) is 31.2 Å². The van der Waals surface area contributed by atoms with Crippen LogP contribution >= 0.6 is 0 Å². The summed E-state index contributed by atoms with van der Waals surface area (Å²) in [6, 6.07) is 9.83. The van der Waals surface area contributed by atoms with Crippen molar-refractivity contribution in [2.45, 2.75) is 39.3 Å². The molecule has 7 nitrogen and oxygen atoms in total. The van der Waals surface area contributed by atoms with Gasteiger partial charge in [0.1, 0.15) is 5.82 Å². The molecule has 0 bridgehead atoms. The Kier molecular flexibility index (Phi) is 5.37. The summed E-state index contributed by atoms with van der Waals surface area (Å²) in [7, 11) is 1.69. The van der Waals surface area contributed by atoms with Gasteiger partial charge in [-0.1, -0.05) is 43.7 Å². The zero-order chi connectivity index (χ0) is 18.7. The summed E-state index contributed by atoms with van der Waals surface area (Å²) in [4.78, 5) is 22.0. The van der Waals surface area contributed by atoms with Crippen LogP contribution in [0, 0.1) is 6.92 Å². The van der Waals surface area contributed by atoms with Gasteiger partial charge in [0, 0.05) is 13.6 Å². The third-order valence-electron chi connectivity index (χ3n) is 4.55. The molecule has 1 atom stereocenters. The van der Waals surface area contributed by atoms with Gasteiger partial charge in [-0.3, -0.25) is 9.36 Å². The summed E-state index contributed by atoms with van der Waals surface area (Å²) >= 11 is 0. The average Bonchev–Trinajstić information content (AvgIpc) is 2.95. The van der Waals surface area contributed by atoms with E-state index in [4.69, 9.17) is 0 Å². The van der Waals surface area contributed by atoms with Crippen molar-refractivity contribution in [2.24, 2.45) is 7.05 Å². The van der Waals surface area contributed by atoms with Gasteiger partial charge in [0.25, 0.3) is 5.56 Å². The highest BCUT2D eigenvalue weighted by atomic mass is 16.3. The topological polar surface area (TPSA) is 85.0 Å². The van der Waals surface area contributed by atoms with Crippen LogP contribution in [0.5, 0.6) is 0 Å². The molecule has 3 rings (SSSR count). The molecule has 0 aliphatic carbocycles. The zero-order valence-corrected chi connectivity index (χ0v) is 15.4. The van der Waals surface area contributed by atoms with E-state index in [1.54, 1.807) is 7.05 Å². The van der Waals surface area contributed by atoms with Crippen molar-refractivity contribution in [1.29, 1.82) is 0 Å². The molecule has 0 spiro atoms. The van der Waals surface area contributed by atoms with Gasteiger partial charge in [-0.25, -0.2) is 4.98 Å². The molecular formula is C19H25N5O2. The number of aliphatic hydroxyl groups excluding tert-OH is 1. The van der Waals surface area contributed by atoms with E-state index < -0.39 is 0 Å². The second-order valence-corrected chi connectivity index (χ2v) is 6.52. The van der Waals surface area contributed by atoms with E-state index >= 15 is 0 Å². The minimum Gasteiger partial charge on any atom is -0.394 e. The van der Waals surface area contributed by atoms with Gasteiger partial charge in [-0.15, -0.1) is 0 Å². The van der Waals surface area contributed by atoms with Crippen molar-refractivity contribution in [2.75, 3.05) is 11.9 Å². The fourth-order valence-electron chi connectivity index (χ4n) is 3.10. The zero-order valence-electron chi connectivity index (χ0n) is 15.4. The largest absolute Gasteiger partial charge is 0.394 e. The lowest BCUT2D eigenvalue weighted by atomic mass is 10.2. The number of nitrogens with zero attached hydrogens (tertiary/aromatic N) is 4. The van der Waals surface area contributed by atoms with Crippen LogP contribution in [-0.4, -0.2) is 36.9 Å².